The summed E-state index contributed by atoms with van der Waals surface area (Å²) < 4.78 is 37.6. The fourth-order valence-electron chi connectivity index (χ4n) is 1.09. The summed E-state index contributed by atoms with van der Waals surface area (Å²) in [5, 5.41) is 0. The second-order valence-corrected chi connectivity index (χ2v) is 3.99. The third-order valence-corrected chi connectivity index (χ3v) is 2.38. The van der Waals surface area contributed by atoms with Crippen LogP contribution in [0.25, 0.3) is 4.85 Å². The SMILES string of the molecule is [C-]#[N+]C(C)c1cc(Br)cc(C(F)(F)F)c1. The molecule has 0 aliphatic heterocycles. The van der Waals surface area contributed by atoms with Crippen LogP contribution in [-0.4, -0.2) is 0 Å². The number of nitrogens with zero attached hydrogens (tertiary/aromatic N) is 1. The largest absolute Gasteiger partial charge is 0.416 e. The van der Waals surface area contributed by atoms with Crippen LogP contribution in [0.4, 0.5) is 13.2 Å². The Balaban J connectivity index is 3.24. The number of hydrogen-bond donors (Lipinski definition) is 0. The lowest BCUT2D eigenvalue weighted by atomic mass is 10.1. The molecule has 0 amide bonds. The predicted molar refractivity (Wildman–Crippen MR) is 54.2 cm³/mol. The van der Waals surface area contributed by atoms with Gasteiger partial charge in [-0.2, -0.15) is 13.2 Å². The van der Waals surface area contributed by atoms with E-state index in [1.54, 1.807) is 6.92 Å². The first-order chi connectivity index (χ1) is 6.84. The second-order valence-electron chi connectivity index (χ2n) is 3.08. The number of hydrogen-bond acceptors (Lipinski definition) is 0. The molecule has 15 heavy (non-hydrogen) atoms. The lowest BCUT2D eigenvalue weighted by Gasteiger charge is -2.09. The van der Waals surface area contributed by atoms with Gasteiger partial charge in [-0.15, -0.1) is 0 Å². The summed E-state index contributed by atoms with van der Waals surface area (Å²) in [4.78, 5) is 3.18. The molecular weight excluding hydrogens is 271 g/mol. The Morgan fingerprint density at radius 3 is 2.40 bits per heavy atom. The maximum absolute atomic E-state index is 12.4. The van der Waals surface area contributed by atoms with Crippen LogP contribution in [0.3, 0.4) is 0 Å². The summed E-state index contributed by atoms with van der Waals surface area (Å²) in [5.74, 6) is 0. The molecule has 1 aromatic rings. The highest BCUT2D eigenvalue weighted by atomic mass is 79.9. The smallest absolute Gasteiger partial charge is 0.309 e. The highest BCUT2D eigenvalue weighted by Crippen LogP contribution is 2.33. The normalized spacial score (nSPS) is 13.3. The molecule has 0 saturated carbocycles. The Morgan fingerprint density at radius 1 is 1.33 bits per heavy atom. The molecule has 0 aliphatic carbocycles. The van der Waals surface area contributed by atoms with Gasteiger partial charge >= 0.3 is 6.18 Å². The van der Waals surface area contributed by atoms with Gasteiger partial charge in [-0.3, -0.25) is 0 Å². The molecule has 1 rings (SSSR count). The molecule has 1 atom stereocenters. The fraction of sp³-hybridized carbons (Fsp3) is 0.300. The van der Waals surface area contributed by atoms with E-state index in [0.717, 1.165) is 12.1 Å². The van der Waals surface area contributed by atoms with Gasteiger partial charge in [-0.25, -0.2) is 6.57 Å². The van der Waals surface area contributed by atoms with Crippen LogP contribution in [0.1, 0.15) is 24.1 Å². The lowest BCUT2D eigenvalue weighted by Crippen LogP contribution is -2.06. The van der Waals surface area contributed by atoms with Gasteiger partial charge in [-0.1, -0.05) is 15.9 Å². The Bertz CT molecular complexity index is 406. The fourth-order valence-corrected chi connectivity index (χ4v) is 1.60. The zero-order valence-corrected chi connectivity index (χ0v) is 9.35. The zero-order chi connectivity index (χ0) is 11.6. The highest BCUT2D eigenvalue weighted by molar-refractivity contribution is 9.10. The molecule has 0 fully saturated rings. The summed E-state index contributed by atoms with van der Waals surface area (Å²) in [6.45, 7) is 8.34. The number of benzene rings is 1. The van der Waals surface area contributed by atoms with Crippen molar-refractivity contribution in [3.8, 4) is 0 Å². The minimum atomic E-state index is -4.37. The van der Waals surface area contributed by atoms with Crippen LogP contribution in [0.15, 0.2) is 22.7 Å². The monoisotopic (exact) mass is 277 g/mol. The third-order valence-electron chi connectivity index (χ3n) is 1.92. The highest BCUT2D eigenvalue weighted by Gasteiger charge is 2.31. The van der Waals surface area contributed by atoms with Gasteiger partial charge in [0.1, 0.15) is 0 Å². The maximum Gasteiger partial charge on any atom is 0.416 e. The van der Waals surface area contributed by atoms with Crippen LogP contribution < -0.4 is 0 Å². The summed E-state index contributed by atoms with van der Waals surface area (Å²) in [7, 11) is 0. The molecule has 0 bridgehead atoms. The third kappa shape index (κ3) is 2.96. The van der Waals surface area contributed by atoms with Gasteiger partial charge in [-0.05, 0) is 18.2 Å². The van der Waals surface area contributed by atoms with Gasteiger partial charge in [0.2, 0.25) is 6.04 Å². The average Bonchev–Trinajstić information content (AvgIpc) is 2.14. The van der Waals surface area contributed by atoms with Crippen LogP contribution in [0.5, 0.6) is 0 Å². The van der Waals surface area contributed by atoms with E-state index in [9.17, 15) is 13.2 Å². The Hall–Kier alpha value is -1.02. The maximum atomic E-state index is 12.4. The Morgan fingerprint density at radius 2 is 1.93 bits per heavy atom. The summed E-state index contributed by atoms with van der Waals surface area (Å²) in [6.07, 6.45) is -4.37. The van der Waals surface area contributed by atoms with E-state index in [-0.39, 0.29) is 0 Å². The Kier molecular flexibility index (Phi) is 3.40. The first-order valence-electron chi connectivity index (χ1n) is 4.09. The molecule has 1 unspecified atom stereocenters. The van der Waals surface area contributed by atoms with Crippen molar-refractivity contribution in [2.75, 3.05) is 0 Å². The van der Waals surface area contributed by atoms with Crippen LogP contribution >= 0.6 is 15.9 Å². The van der Waals surface area contributed by atoms with Gasteiger partial charge in [0.15, 0.2) is 0 Å². The minimum Gasteiger partial charge on any atom is -0.309 e. The van der Waals surface area contributed by atoms with E-state index in [2.05, 4.69) is 20.8 Å². The van der Waals surface area contributed by atoms with Crippen LogP contribution in [-0.2, 0) is 6.18 Å². The van der Waals surface area contributed by atoms with Crippen molar-refractivity contribution < 1.29 is 13.2 Å². The molecule has 0 N–H and O–H groups in total. The first-order valence-corrected chi connectivity index (χ1v) is 4.88. The van der Waals surface area contributed by atoms with Gasteiger partial charge in [0.05, 0.1) is 5.56 Å². The molecule has 0 spiro atoms. The molecule has 1 aromatic carbocycles. The van der Waals surface area contributed by atoms with Crippen molar-refractivity contribution in [1.82, 2.24) is 0 Å². The molecular formula is C10H7BrF3N. The van der Waals surface area contributed by atoms with Crippen molar-refractivity contribution >= 4 is 15.9 Å². The van der Waals surface area contributed by atoms with E-state index >= 15 is 0 Å². The van der Waals surface area contributed by atoms with Crippen molar-refractivity contribution in [3.63, 3.8) is 0 Å². The van der Waals surface area contributed by atoms with E-state index in [4.69, 9.17) is 6.57 Å². The predicted octanol–water partition coefficient (Wildman–Crippen LogP) is 4.45. The molecule has 0 radical (unpaired) electrons. The molecule has 0 saturated heterocycles. The quantitative estimate of drug-likeness (QED) is 0.668. The van der Waals surface area contributed by atoms with Crippen molar-refractivity contribution in [2.45, 2.75) is 19.1 Å². The second kappa shape index (κ2) is 4.23. The summed E-state index contributed by atoms with van der Waals surface area (Å²) >= 11 is 3.00. The molecule has 0 aliphatic rings. The average molecular weight is 278 g/mol. The zero-order valence-electron chi connectivity index (χ0n) is 7.77. The molecule has 0 heterocycles. The van der Waals surface area contributed by atoms with E-state index in [0.29, 0.717) is 10.0 Å². The van der Waals surface area contributed by atoms with E-state index in [1.165, 1.54) is 6.07 Å². The van der Waals surface area contributed by atoms with E-state index < -0.39 is 17.8 Å². The van der Waals surface area contributed by atoms with Gasteiger partial charge < -0.3 is 4.85 Å². The number of alkyl halides is 3. The van der Waals surface area contributed by atoms with Crippen molar-refractivity contribution in [1.29, 1.82) is 0 Å². The lowest BCUT2D eigenvalue weighted by molar-refractivity contribution is -0.137. The summed E-state index contributed by atoms with van der Waals surface area (Å²) in [6, 6.07) is 2.97. The topological polar surface area (TPSA) is 4.36 Å². The number of rotatable bonds is 1. The van der Waals surface area contributed by atoms with E-state index in [1.807, 2.05) is 0 Å². The van der Waals surface area contributed by atoms with Crippen LogP contribution in [0.2, 0.25) is 0 Å². The summed E-state index contributed by atoms with van der Waals surface area (Å²) in [5.41, 5.74) is -0.367. The number of halogens is 4. The molecule has 0 aromatic heterocycles. The van der Waals surface area contributed by atoms with Gasteiger partial charge in [0, 0.05) is 17.0 Å². The molecule has 80 valence electrons. The van der Waals surface area contributed by atoms with Crippen LogP contribution in [0, 0.1) is 6.57 Å². The standard InChI is InChI=1S/C10H7BrF3N/c1-6(15-2)7-3-8(10(12,13)14)5-9(11)4-7/h3-6H,1H3. The van der Waals surface area contributed by atoms with Crippen molar-refractivity contribution in [3.05, 3.63) is 45.2 Å². The van der Waals surface area contributed by atoms with Crippen molar-refractivity contribution in [2.24, 2.45) is 0 Å². The van der Waals surface area contributed by atoms with Gasteiger partial charge in [0.25, 0.3) is 0 Å². The molecule has 5 heteroatoms. The first kappa shape index (κ1) is 12.1. The molecule has 1 nitrogen and oxygen atoms in total. The Labute approximate surface area is 93.9 Å². The minimum absolute atomic E-state index is 0.336.